The maximum atomic E-state index is 12.0. The van der Waals surface area contributed by atoms with Crippen molar-refractivity contribution in [3.05, 3.63) is 60.2 Å². The first kappa shape index (κ1) is 16.4. The van der Waals surface area contributed by atoms with Gasteiger partial charge in [-0.1, -0.05) is 43.7 Å². The second-order valence-electron chi connectivity index (χ2n) is 4.90. The highest BCUT2D eigenvalue weighted by Crippen LogP contribution is 2.17. The molecule has 1 atom stereocenters. The van der Waals surface area contributed by atoms with E-state index in [0.29, 0.717) is 0 Å². The number of hydrogen-bond donors (Lipinski definition) is 3. The zero-order valence-corrected chi connectivity index (χ0v) is 12.8. The minimum absolute atomic E-state index is 0.116. The molecule has 7 nitrogen and oxygen atoms in total. The molecule has 0 saturated carbocycles. The van der Waals surface area contributed by atoms with Gasteiger partial charge in [0.2, 0.25) is 0 Å². The molecule has 0 spiro atoms. The maximum Gasteiger partial charge on any atom is 0.333 e. The number of hydrazine groups is 1. The van der Waals surface area contributed by atoms with Gasteiger partial charge in [0.1, 0.15) is 5.69 Å². The second-order valence-corrected chi connectivity index (χ2v) is 4.90. The predicted octanol–water partition coefficient (Wildman–Crippen LogP) is 1.96. The minimum atomic E-state index is -0.528. The summed E-state index contributed by atoms with van der Waals surface area (Å²) in [6.45, 7) is 2.05. The van der Waals surface area contributed by atoms with E-state index in [1.54, 1.807) is 0 Å². The number of carbonyl (C=O) groups is 2. The molecule has 0 fully saturated rings. The third kappa shape index (κ3) is 5.06. The highest BCUT2D eigenvalue weighted by Gasteiger charge is 2.14. The monoisotopic (exact) mass is 313 g/mol. The molecule has 120 valence electrons. The van der Waals surface area contributed by atoms with E-state index in [1.165, 1.54) is 18.6 Å². The van der Waals surface area contributed by atoms with Crippen LogP contribution in [0.15, 0.2) is 48.9 Å². The quantitative estimate of drug-likeness (QED) is 0.735. The summed E-state index contributed by atoms with van der Waals surface area (Å²) in [5, 5.41) is 2.84. The van der Waals surface area contributed by atoms with Crippen molar-refractivity contribution in [2.75, 3.05) is 0 Å². The summed E-state index contributed by atoms with van der Waals surface area (Å²) in [5.41, 5.74) is 5.76. The first-order valence-electron chi connectivity index (χ1n) is 7.38. The summed E-state index contributed by atoms with van der Waals surface area (Å²) in [5.74, 6) is -0.528. The predicted molar refractivity (Wildman–Crippen MR) is 85.3 cm³/mol. The van der Waals surface area contributed by atoms with Crippen molar-refractivity contribution in [1.29, 1.82) is 0 Å². The minimum Gasteiger partial charge on any atom is -0.330 e. The number of carbonyl (C=O) groups excluding carboxylic acids is 2. The molecular formula is C16H19N5O2. The van der Waals surface area contributed by atoms with Crippen molar-refractivity contribution >= 4 is 11.9 Å². The van der Waals surface area contributed by atoms with Gasteiger partial charge < -0.3 is 5.32 Å². The van der Waals surface area contributed by atoms with Crippen molar-refractivity contribution in [2.24, 2.45) is 0 Å². The number of amides is 3. The lowest BCUT2D eigenvalue weighted by Crippen LogP contribution is -2.48. The molecule has 2 aromatic rings. The van der Waals surface area contributed by atoms with Crippen LogP contribution in [0.25, 0.3) is 0 Å². The molecule has 7 heteroatoms. The third-order valence-corrected chi connectivity index (χ3v) is 3.17. The van der Waals surface area contributed by atoms with Crippen molar-refractivity contribution in [3.63, 3.8) is 0 Å². The number of aromatic nitrogens is 2. The molecule has 23 heavy (non-hydrogen) atoms. The molecule has 3 amide bonds. The van der Waals surface area contributed by atoms with E-state index in [-0.39, 0.29) is 11.7 Å². The molecule has 0 unspecified atom stereocenters. The van der Waals surface area contributed by atoms with Crippen LogP contribution in [0.4, 0.5) is 4.79 Å². The molecular weight excluding hydrogens is 294 g/mol. The summed E-state index contributed by atoms with van der Waals surface area (Å²) in [6, 6.07) is 9.09. The van der Waals surface area contributed by atoms with E-state index in [4.69, 9.17) is 0 Å². The van der Waals surface area contributed by atoms with Crippen LogP contribution in [-0.2, 0) is 0 Å². The zero-order chi connectivity index (χ0) is 16.5. The van der Waals surface area contributed by atoms with Crippen molar-refractivity contribution < 1.29 is 9.59 Å². The number of hydrogen-bond acceptors (Lipinski definition) is 4. The number of urea groups is 1. The highest BCUT2D eigenvalue weighted by molar-refractivity contribution is 5.93. The standard InChI is InChI=1S/C16H19N5O2/c1-2-6-13(12-7-4-3-5-8-12)19-16(23)21-20-15(22)14-11-17-9-10-18-14/h3-5,7-11,13H,2,6H2,1H3,(H,20,22)(H2,19,21,23)/t13-/m1/s1. The van der Waals surface area contributed by atoms with Gasteiger partial charge in [0.05, 0.1) is 12.2 Å². The highest BCUT2D eigenvalue weighted by atomic mass is 16.2. The summed E-state index contributed by atoms with van der Waals surface area (Å²) < 4.78 is 0. The molecule has 0 saturated heterocycles. The molecule has 0 aliphatic rings. The summed E-state index contributed by atoms with van der Waals surface area (Å²) in [4.78, 5) is 31.4. The average Bonchev–Trinajstić information content (AvgIpc) is 2.61. The van der Waals surface area contributed by atoms with E-state index in [1.807, 2.05) is 37.3 Å². The van der Waals surface area contributed by atoms with Gasteiger partial charge in [-0.2, -0.15) is 0 Å². The Morgan fingerprint density at radius 1 is 1.13 bits per heavy atom. The molecule has 0 radical (unpaired) electrons. The molecule has 1 aromatic heterocycles. The van der Waals surface area contributed by atoms with Gasteiger partial charge in [-0.25, -0.2) is 15.2 Å². The Bertz CT molecular complexity index is 633. The Morgan fingerprint density at radius 2 is 1.91 bits per heavy atom. The smallest absolute Gasteiger partial charge is 0.330 e. The van der Waals surface area contributed by atoms with Crippen LogP contribution in [-0.4, -0.2) is 21.9 Å². The van der Waals surface area contributed by atoms with Gasteiger partial charge in [-0.3, -0.25) is 15.2 Å². The van der Waals surface area contributed by atoms with Crippen LogP contribution in [0, 0.1) is 0 Å². The van der Waals surface area contributed by atoms with E-state index >= 15 is 0 Å². The zero-order valence-electron chi connectivity index (χ0n) is 12.8. The lowest BCUT2D eigenvalue weighted by atomic mass is 10.0. The number of rotatable bonds is 5. The molecule has 3 N–H and O–H groups in total. The lowest BCUT2D eigenvalue weighted by molar-refractivity contribution is 0.0930. The maximum absolute atomic E-state index is 12.0. The van der Waals surface area contributed by atoms with Crippen LogP contribution in [0.5, 0.6) is 0 Å². The number of nitrogens with one attached hydrogen (secondary N) is 3. The van der Waals surface area contributed by atoms with Crippen LogP contribution in [0.1, 0.15) is 41.9 Å². The SMILES string of the molecule is CCC[C@@H](NC(=O)NNC(=O)c1cnccn1)c1ccccc1. The summed E-state index contributed by atoms with van der Waals surface area (Å²) in [7, 11) is 0. The van der Waals surface area contributed by atoms with Gasteiger partial charge in [-0.15, -0.1) is 0 Å². The van der Waals surface area contributed by atoms with E-state index in [0.717, 1.165) is 18.4 Å². The topological polar surface area (TPSA) is 96.0 Å². The molecule has 0 aliphatic heterocycles. The summed E-state index contributed by atoms with van der Waals surface area (Å²) >= 11 is 0. The van der Waals surface area contributed by atoms with Gasteiger partial charge in [-0.05, 0) is 12.0 Å². The van der Waals surface area contributed by atoms with Crippen molar-refractivity contribution in [2.45, 2.75) is 25.8 Å². The number of nitrogens with zero attached hydrogens (tertiary/aromatic N) is 2. The van der Waals surface area contributed by atoms with Crippen LogP contribution in [0.2, 0.25) is 0 Å². The molecule has 1 heterocycles. The molecule has 0 aliphatic carbocycles. The summed E-state index contributed by atoms with van der Waals surface area (Å²) in [6.07, 6.45) is 5.91. The largest absolute Gasteiger partial charge is 0.333 e. The van der Waals surface area contributed by atoms with Gasteiger partial charge in [0.25, 0.3) is 5.91 Å². The van der Waals surface area contributed by atoms with E-state index in [9.17, 15) is 9.59 Å². The fourth-order valence-corrected chi connectivity index (χ4v) is 2.08. The Kier molecular flexibility index (Phi) is 6.05. The van der Waals surface area contributed by atoms with Gasteiger partial charge in [0.15, 0.2) is 0 Å². The fraction of sp³-hybridized carbons (Fsp3) is 0.250. The first-order valence-corrected chi connectivity index (χ1v) is 7.38. The van der Waals surface area contributed by atoms with Crippen LogP contribution in [0.3, 0.4) is 0 Å². The van der Waals surface area contributed by atoms with Gasteiger partial charge >= 0.3 is 6.03 Å². The Balaban J connectivity index is 1.88. The Hall–Kier alpha value is -2.96. The van der Waals surface area contributed by atoms with Crippen molar-refractivity contribution in [3.8, 4) is 0 Å². The van der Waals surface area contributed by atoms with E-state index < -0.39 is 11.9 Å². The van der Waals surface area contributed by atoms with Crippen LogP contribution < -0.4 is 16.2 Å². The molecule has 2 rings (SSSR count). The van der Waals surface area contributed by atoms with Crippen molar-refractivity contribution in [1.82, 2.24) is 26.1 Å². The third-order valence-electron chi connectivity index (χ3n) is 3.17. The Morgan fingerprint density at radius 3 is 2.57 bits per heavy atom. The van der Waals surface area contributed by atoms with Gasteiger partial charge in [0, 0.05) is 12.4 Å². The average molecular weight is 313 g/mol. The first-order chi connectivity index (χ1) is 11.2. The fourth-order valence-electron chi connectivity index (χ4n) is 2.08. The number of benzene rings is 1. The molecule has 1 aromatic carbocycles. The van der Waals surface area contributed by atoms with E-state index in [2.05, 4.69) is 26.1 Å². The molecule has 0 bridgehead atoms. The lowest BCUT2D eigenvalue weighted by Gasteiger charge is -2.19. The van der Waals surface area contributed by atoms with Crippen LogP contribution >= 0.6 is 0 Å². The Labute approximate surface area is 134 Å². The second kappa shape index (κ2) is 8.47. The normalized spacial score (nSPS) is 11.3.